The first kappa shape index (κ1) is 17.8. The van der Waals surface area contributed by atoms with Crippen molar-refractivity contribution in [3.05, 3.63) is 16.1 Å². The minimum atomic E-state index is -0.110. The van der Waals surface area contributed by atoms with Crippen LogP contribution in [0, 0.1) is 0 Å². The van der Waals surface area contributed by atoms with Gasteiger partial charge in [-0.3, -0.25) is 9.80 Å². The maximum Gasteiger partial charge on any atom is 0.122 e. The molecule has 1 atom stereocenters. The number of thiazole rings is 1. The molecule has 1 aliphatic heterocycles. The van der Waals surface area contributed by atoms with E-state index in [1.165, 1.54) is 5.69 Å². The minimum Gasteiger partial charge on any atom is -0.372 e. The lowest BCUT2D eigenvalue weighted by atomic mass is 10.1. The predicted molar refractivity (Wildman–Crippen MR) is 92.1 cm³/mol. The molecule has 1 aliphatic rings. The van der Waals surface area contributed by atoms with Crippen molar-refractivity contribution >= 4 is 11.3 Å². The highest BCUT2D eigenvalue weighted by Crippen LogP contribution is 2.22. The van der Waals surface area contributed by atoms with Gasteiger partial charge in [-0.05, 0) is 27.7 Å². The highest BCUT2D eigenvalue weighted by atomic mass is 32.1. The number of nitrogens with two attached hydrogens (primary N) is 1. The second-order valence-corrected chi connectivity index (χ2v) is 7.71. The molecule has 6 heteroatoms. The Labute approximate surface area is 138 Å². The summed E-state index contributed by atoms with van der Waals surface area (Å²) in [6, 6.07) is 0. The van der Waals surface area contributed by atoms with Crippen LogP contribution < -0.4 is 5.73 Å². The van der Waals surface area contributed by atoms with Crippen molar-refractivity contribution < 1.29 is 4.74 Å². The lowest BCUT2D eigenvalue weighted by molar-refractivity contribution is 0.0758. The summed E-state index contributed by atoms with van der Waals surface area (Å²) < 4.78 is 5.61. The third-order valence-electron chi connectivity index (χ3n) is 3.82. The maximum absolute atomic E-state index is 6.10. The zero-order chi connectivity index (χ0) is 16.2. The molecule has 2 heterocycles. The van der Waals surface area contributed by atoms with Crippen LogP contribution in [0.1, 0.15) is 44.5 Å². The van der Waals surface area contributed by atoms with Gasteiger partial charge in [-0.2, -0.15) is 0 Å². The molecule has 22 heavy (non-hydrogen) atoms. The Bertz CT molecular complexity index is 449. The molecule has 0 bridgehead atoms. The van der Waals surface area contributed by atoms with E-state index in [2.05, 4.69) is 36.0 Å². The number of nitrogens with zero attached hydrogens (tertiary/aromatic N) is 3. The van der Waals surface area contributed by atoms with E-state index in [1.54, 1.807) is 11.3 Å². The van der Waals surface area contributed by atoms with Gasteiger partial charge in [0.25, 0.3) is 0 Å². The van der Waals surface area contributed by atoms with E-state index in [9.17, 15) is 0 Å². The van der Waals surface area contributed by atoms with Gasteiger partial charge in [0.1, 0.15) is 11.1 Å². The average Bonchev–Trinajstić information content (AvgIpc) is 2.88. The van der Waals surface area contributed by atoms with Crippen LogP contribution in [0.3, 0.4) is 0 Å². The molecule has 0 radical (unpaired) electrons. The zero-order valence-corrected chi connectivity index (χ0v) is 15.2. The van der Waals surface area contributed by atoms with Crippen molar-refractivity contribution in [1.29, 1.82) is 0 Å². The standard InChI is InChI=1S/C16H30N4OS/c1-5-21-13(2)15-18-14(11-22-15)10-19-6-8-20(9-7-19)12-16(3,4)17/h11,13H,5-10,12,17H2,1-4H3. The molecule has 1 fully saturated rings. The van der Waals surface area contributed by atoms with E-state index in [0.29, 0.717) is 0 Å². The molecular weight excluding hydrogens is 296 g/mol. The topological polar surface area (TPSA) is 54.6 Å². The van der Waals surface area contributed by atoms with Crippen LogP contribution in [0.4, 0.5) is 0 Å². The molecule has 126 valence electrons. The largest absolute Gasteiger partial charge is 0.372 e. The van der Waals surface area contributed by atoms with Crippen LogP contribution in [0.15, 0.2) is 5.38 Å². The summed E-state index contributed by atoms with van der Waals surface area (Å²) in [6.07, 6.45) is 0.104. The van der Waals surface area contributed by atoms with Gasteiger partial charge in [0.05, 0.1) is 5.69 Å². The van der Waals surface area contributed by atoms with E-state index in [0.717, 1.165) is 50.9 Å². The third-order valence-corrected chi connectivity index (χ3v) is 4.87. The zero-order valence-electron chi connectivity index (χ0n) is 14.3. The maximum atomic E-state index is 6.10. The fourth-order valence-corrected chi connectivity index (χ4v) is 3.63. The first-order valence-corrected chi connectivity index (χ1v) is 9.05. The molecule has 2 rings (SSSR count). The summed E-state index contributed by atoms with van der Waals surface area (Å²) in [5.41, 5.74) is 7.16. The lowest BCUT2D eigenvalue weighted by Gasteiger charge is -2.37. The molecular formula is C16H30N4OS. The number of hydrogen-bond donors (Lipinski definition) is 1. The number of hydrogen-bond acceptors (Lipinski definition) is 6. The smallest absolute Gasteiger partial charge is 0.122 e. The van der Waals surface area contributed by atoms with E-state index < -0.39 is 0 Å². The fourth-order valence-electron chi connectivity index (χ4n) is 2.81. The summed E-state index contributed by atoms with van der Waals surface area (Å²) in [7, 11) is 0. The number of rotatable bonds is 7. The normalized spacial score (nSPS) is 19.5. The van der Waals surface area contributed by atoms with E-state index in [1.807, 2.05) is 6.92 Å². The van der Waals surface area contributed by atoms with E-state index >= 15 is 0 Å². The van der Waals surface area contributed by atoms with Crippen LogP contribution in [0.2, 0.25) is 0 Å². The van der Waals surface area contributed by atoms with Crippen molar-refractivity contribution in [2.75, 3.05) is 39.3 Å². The molecule has 1 unspecified atom stereocenters. The van der Waals surface area contributed by atoms with Crippen LogP contribution >= 0.6 is 11.3 Å². The Kier molecular flexibility index (Phi) is 6.35. The van der Waals surface area contributed by atoms with Gasteiger partial charge in [0.15, 0.2) is 0 Å². The van der Waals surface area contributed by atoms with Gasteiger partial charge in [-0.25, -0.2) is 4.98 Å². The van der Waals surface area contributed by atoms with Crippen LogP contribution in [0.25, 0.3) is 0 Å². The number of piperazine rings is 1. The highest BCUT2D eigenvalue weighted by Gasteiger charge is 2.22. The summed E-state index contributed by atoms with van der Waals surface area (Å²) in [5.74, 6) is 0. The molecule has 0 aliphatic carbocycles. The molecule has 1 aromatic rings. The molecule has 0 amide bonds. The van der Waals surface area contributed by atoms with Gasteiger partial charge in [-0.15, -0.1) is 11.3 Å². The van der Waals surface area contributed by atoms with Crippen molar-refractivity contribution in [3.8, 4) is 0 Å². The molecule has 0 aromatic carbocycles. The highest BCUT2D eigenvalue weighted by molar-refractivity contribution is 7.09. The Morgan fingerprint density at radius 1 is 1.32 bits per heavy atom. The van der Waals surface area contributed by atoms with Gasteiger partial charge < -0.3 is 10.5 Å². The molecule has 1 aromatic heterocycles. The Hall–Kier alpha value is -0.530. The van der Waals surface area contributed by atoms with Crippen molar-refractivity contribution in [2.24, 2.45) is 5.73 Å². The second-order valence-electron chi connectivity index (χ2n) is 6.82. The third kappa shape index (κ3) is 5.59. The number of ether oxygens (including phenoxy) is 1. The van der Waals surface area contributed by atoms with Crippen molar-refractivity contribution in [3.63, 3.8) is 0 Å². The van der Waals surface area contributed by atoms with Gasteiger partial charge in [-0.1, -0.05) is 0 Å². The summed E-state index contributed by atoms with van der Waals surface area (Å²) >= 11 is 1.70. The minimum absolute atomic E-state index is 0.104. The van der Waals surface area contributed by atoms with Gasteiger partial charge in [0, 0.05) is 56.8 Å². The van der Waals surface area contributed by atoms with Crippen molar-refractivity contribution in [1.82, 2.24) is 14.8 Å². The number of aromatic nitrogens is 1. The van der Waals surface area contributed by atoms with Crippen LogP contribution in [0.5, 0.6) is 0 Å². The Balaban J connectivity index is 1.79. The SMILES string of the molecule is CCOC(C)c1nc(CN2CCN(CC(C)(C)N)CC2)cs1. The average molecular weight is 327 g/mol. The Morgan fingerprint density at radius 2 is 1.95 bits per heavy atom. The first-order chi connectivity index (χ1) is 10.4. The predicted octanol–water partition coefficient (Wildman–Crippen LogP) is 2.10. The second kappa shape index (κ2) is 7.84. The van der Waals surface area contributed by atoms with E-state index in [-0.39, 0.29) is 11.6 Å². The van der Waals surface area contributed by atoms with Gasteiger partial charge >= 0.3 is 0 Å². The quantitative estimate of drug-likeness (QED) is 0.831. The van der Waals surface area contributed by atoms with Crippen LogP contribution in [-0.4, -0.2) is 59.7 Å². The molecule has 1 saturated heterocycles. The van der Waals surface area contributed by atoms with Gasteiger partial charge in [0.2, 0.25) is 0 Å². The van der Waals surface area contributed by atoms with E-state index in [4.69, 9.17) is 15.5 Å². The summed E-state index contributed by atoms with van der Waals surface area (Å²) in [5, 5.41) is 3.25. The summed E-state index contributed by atoms with van der Waals surface area (Å²) in [6.45, 7) is 15.3. The molecule has 2 N–H and O–H groups in total. The Morgan fingerprint density at radius 3 is 2.55 bits per heavy atom. The first-order valence-electron chi connectivity index (χ1n) is 8.17. The lowest BCUT2D eigenvalue weighted by Crippen LogP contribution is -2.52. The molecule has 0 saturated carbocycles. The molecule has 0 spiro atoms. The molecule has 5 nitrogen and oxygen atoms in total. The fraction of sp³-hybridized carbons (Fsp3) is 0.812. The van der Waals surface area contributed by atoms with Crippen LogP contribution in [-0.2, 0) is 11.3 Å². The summed E-state index contributed by atoms with van der Waals surface area (Å²) in [4.78, 5) is 9.65. The van der Waals surface area contributed by atoms with Crippen molar-refractivity contribution in [2.45, 2.75) is 45.9 Å². The monoisotopic (exact) mass is 326 g/mol.